The summed E-state index contributed by atoms with van der Waals surface area (Å²) in [6.45, 7) is 0. The van der Waals surface area contributed by atoms with Gasteiger partial charge in [-0.2, -0.15) is 0 Å². The molecule has 0 bridgehead atoms. The molecule has 0 saturated carbocycles. The fourth-order valence-corrected chi connectivity index (χ4v) is 1.53. The maximum absolute atomic E-state index is 13.4. The predicted octanol–water partition coefficient (Wildman–Crippen LogP) is 3.76. The molecule has 1 aromatic carbocycles. The molecule has 0 atom stereocenters. The number of halogens is 6. The Hall–Kier alpha value is -2.09. The van der Waals surface area contributed by atoms with Crippen LogP contribution in [0.2, 0.25) is 5.15 Å². The third kappa shape index (κ3) is 2.34. The maximum Gasteiger partial charge on any atom is 0.200 e. The number of nitrogens with zero attached hydrogens (tertiary/aromatic N) is 1. The first-order chi connectivity index (χ1) is 9.32. The Morgan fingerprint density at radius 1 is 0.900 bits per heavy atom. The van der Waals surface area contributed by atoms with Gasteiger partial charge in [-0.15, -0.1) is 0 Å². The molecule has 0 fully saturated rings. The minimum atomic E-state index is -2.25. The Balaban J connectivity index is 2.57. The van der Waals surface area contributed by atoms with Crippen LogP contribution in [0.4, 0.5) is 39.1 Å². The summed E-state index contributed by atoms with van der Waals surface area (Å²) in [6.07, 6.45) is 0. The molecule has 1 aromatic heterocycles. The van der Waals surface area contributed by atoms with Crippen LogP contribution in [0.1, 0.15) is 0 Å². The predicted molar refractivity (Wildman–Crippen MR) is 63.2 cm³/mol. The Morgan fingerprint density at radius 2 is 1.40 bits per heavy atom. The van der Waals surface area contributed by atoms with Crippen LogP contribution in [-0.4, -0.2) is 4.98 Å². The third-order valence-corrected chi connectivity index (χ3v) is 2.56. The molecule has 0 unspecified atom stereocenters. The molecule has 1 heterocycles. The fourth-order valence-electron chi connectivity index (χ4n) is 1.38. The van der Waals surface area contributed by atoms with Crippen molar-refractivity contribution < 1.29 is 22.0 Å². The normalized spacial score (nSPS) is 10.7. The van der Waals surface area contributed by atoms with Gasteiger partial charge in [-0.25, -0.2) is 26.9 Å². The van der Waals surface area contributed by atoms with E-state index in [1.807, 2.05) is 5.32 Å². The second-order valence-electron chi connectivity index (χ2n) is 3.64. The van der Waals surface area contributed by atoms with E-state index in [9.17, 15) is 22.0 Å². The zero-order valence-corrected chi connectivity index (χ0v) is 10.2. The van der Waals surface area contributed by atoms with E-state index in [0.717, 1.165) is 0 Å². The van der Waals surface area contributed by atoms with Crippen molar-refractivity contribution in [2.24, 2.45) is 0 Å². The molecule has 0 saturated heterocycles. The SMILES string of the molecule is Nc1ccc(Cl)nc1Nc1c(F)c(F)c(F)c(F)c1F. The number of rotatable bonds is 2. The first kappa shape index (κ1) is 14.3. The average molecular weight is 310 g/mol. The van der Waals surface area contributed by atoms with Crippen LogP contribution in [0, 0.1) is 29.1 Å². The minimum absolute atomic E-state index is 0.0782. The summed E-state index contributed by atoms with van der Waals surface area (Å²) in [6, 6.07) is 2.55. The number of anilines is 3. The van der Waals surface area contributed by atoms with Crippen molar-refractivity contribution in [2.75, 3.05) is 11.1 Å². The Morgan fingerprint density at radius 3 is 1.95 bits per heavy atom. The van der Waals surface area contributed by atoms with E-state index < -0.39 is 34.8 Å². The van der Waals surface area contributed by atoms with Gasteiger partial charge in [-0.1, -0.05) is 11.6 Å². The highest BCUT2D eigenvalue weighted by Gasteiger charge is 2.26. The third-order valence-electron chi connectivity index (χ3n) is 2.35. The summed E-state index contributed by atoms with van der Waals surface area (Å²) in [7, 11) is 0. The quantitative estimate of drug-likeness (QED) is 0.384. The van der Waals surface area contributed by atoms with Gasteiger partial charge >= 0.3 is 0 Å². The number of aromatic nitrogens is 1. The molecule has 3 nitrogen and oxygen atoms in total. The molecule has 0 aliphatic carbocycles. The van der Waals surface area contributed by atoms with Crippen molar-refractivity contribution in [1.29, 1.82) is 0 Å². The zero-order chi connectivity index (χ0) is 15.0. The van der Waals surface area contributed by atoms with E-state index in [1.54, 1.807) is 0 Å². The molecule has 2 aromatic rings. The van der Waals surface area contributed by atoms with Gasteiger partial charge in [0.15, 0.2) is 29.1 Å². The fraction of sp³-hybridized carbons (Fsp3) is 0. The molecule has 0 radical (unpaired) electrons. The van der Waals surface area contributed by atoms with Crippen molar-refractivity contribution in [3.8, 4) is 0 Å². The summed E-state index contributed by atoms with van der Waals surface area (Å²) in [5.41, 5.74) is 4.11. The number of nitrogens with one attached hydrogen (secondary N) is 1. The number of pyridine rings is 1. The van der Waals surface area contributed by atoms with Crippen molar-refractivity contribution in [3.63, 3.8) is 0 Å². The van der Waals surface area contributed by atoms with Crippen LogP contribution in [0.5, 0.6) is 0 Å². The molecule has 0 aliphatic heterocycles. The first-order valence-corrected chi connectivity index (χ1v) is 5.41. The van der Waals surface area contributed by atoms with Gasteiger partial charge in [-0.3, -0.25) is 0 Å². The molecular weight excluding hydrogens is 305 g/mol. The Bertz CT molecular complexity index is 663. The second kappa shape index (κ2) is 5.12. The van der Waals surface area contributed by atoms with Crippen LogP contribution in [0.3, 0.4) is 0 Å². The first-order valence-electron chi connectivity index (χ1n) is 5.03. The van der Waals surface area contributed by atoms with Crippen molar-refractivity contribution in [1.82, 2.24) is 4.98 Å². The highest BCUT2D eigenvalue weighted by atomic mass is 35.5. The lowest BCUT2D eigenvalue weighted by atomic mass is 10.2. The molecule has 9 heteroatoms. The van der Waals surface area contributed by atoms with Crippen molar-refractivity contribution in [2.45, 2.75) is 0 Å². The van der Waals surface area contributed by atoms with Crippen LogP contribution >= 0.6 is 11.6 Å². The highest BCUT2D eigenvalue weighted by Crippen LogP contribution is 2.31. The molecule has 0 spiro atoms. The highest BCUT2D eigenvalue weighted by molar-refractivity contribution is 6.29. The van der Waals surface area contributed by atoms with Gasteiger partial charge in [0, 0.05) is 0 Å². The minimum Gasteiger partial charge on any atom is -0.396 e. The number of hydrogen-bond donors (Lipinski definition) is 2. The Labute approximate surface area is 114 Å². The summed E-state index contributed by atoms with van der Waals surface area (Å²) >= 11 is 5.55. The second-order valence-corrected chi connectivity index (χ2v) is 4.03. The molecule has 0 aliphatic rings. The smallest absolute Gasteiger partial charge is 0.200 e. The lowest BCUT2D eigenvalue weighted by Gasteiger charge is -2.11. The summed E-state index contributed by atoms with van der Waals surface area (Å²) in [4.78, 5) is 3.59. The van der Waals surface area contributed by atoms with Crippen molar-refractivity contribution >= 4 is 28.8 Å². The van der Waals surface area contributed by atoms with E-state index in [4.69, 9.17) is 17.3 Å². The summed E-state index contributed by atoms with van der Waals surface area (Å²) in [5.74, 6) is -10.8. The van der Waals surface area contributed by atoms with Crippen LogP contribution in [0.25, 0.3) is 0 Å². The van der Waals surface area contributed by atoms with Crippen LogP contribution in [-0.2, 0) is 0 Å². The van der Waals surface area contributed by atoms with Gasteiger partial charge in [0.25, 0.3) is 0 Å². The van der Waals surface area contributed by atoms with E-state index >= 15 is 0 Å². The van der Waals surface area contributed by atoms with E-state index in [2.05, 4.69) is 4.98 Å². The maximum atomic E-state index is 13.4. The number of nitrogens with two attached hydrogens (primary N) is 1. The molecular formula is C11H5ClF5N3. The van der Waals surface area contributed by atoms with E-state index in [1.165, 1.54) is 12.1 Å². The monoisotopic (exact) mass is 309 g/mol. The summed E-state index contributed by atoms with van der Waals surface area (Å²) in [5, 5.41) is 1.86. The number of benzene rings is 1. The lowest BCUT2D eigenvalue weighted by molar-refractivity contribution is 0.382. The molecule has 3 N–H and O–H groups in total. The topological polar surface area (TPSA) is 50.9 Å². The van der Waals surface area contributed by atoms with E-state index in [-0.39, 0.29) is 16.7 Å². The molecule has 20 heavy (non-hydrogen) atoms. The lowest BCUT2D eigenvalue weighted by Crippen LogP contribution is -2.08. The van der Waals surface area contributed by atoms with Gasteiger partial charge in [0.2, 0.25) is 5.82 Å². The van der Waals surface area contributed by atoms with Crippen LogP contribution < -0.4 is 11.1 Å². The van der Waals surface area contributed by atoms with E-state index in [0.29, 0.717) is 0 Å². The van der Waals surface area contributed by atoms with Crippen LogP contribution in [0.15, 0.2) is 12.1 Å². The standard InChI is InChI=1S/C11H5ClF5N3/c12-4-2-1-3(18)11(19-4)20-10-8(16)6(14)5(13)7(15)9(10)17/h1-2H,18H2,(H,19,20). The van der Waals surface area contributed by atoms with Gasteiger partial charge < -0.3 is 11.1 Å². The van der Waals surface area contributed by atoms with Crippen molar-refractivity contribution in [3.05, 3.63) is 46.4 Å². The molecule has 2 rings (SSSR count). The largest absolute Gasteiger partial charge is 0.396 e. The average Bonchev–Trinajstić information content (AvgIpc) is 2.43. The zero-order valence-electron chi connectivity index (χ0n) is 9.45. The number of nitrogen functional groups attached to an aromatic ring is 1. The molecule has 106 valence electrons. The number of hydrogen-bond acceptors (Lipinski definition) is 3. The van der Waals surface area contributed by atoms with Gasteiger partial charge in [0.1, 0.15) is 10.8 Å². The Kier molecular flexibility index (Phi) is 3.67. The summed E-state index contributed by atoms with van der Waals surface area (Å²) < 4.78 is 65.7. The van der Waals surface area contributed by atoms with Gasteiger partial charge in [0.05, 0.1) is 5.69 Å². The van der Waals surface area contributed by atoms with Gasteiger partial charge in [-0.05, 0) is 12.1 Å². The molecule has 0 amide bonds.